The zero-order chi connectivity index (χ0) is 15.0. The molecule has 0 saturated carbocycles. The molecule has 5 nitrogen and oxygen atoms in total. The summed E-state index contributed by atoms with van der Waals surface area (Å²) in [6.07, 6.45) is 2.26. The van der Waals surface area contributed by atoms with Crippen LogP contribution >= 0.6 is 0 Å². The van der Waals surface area contributed by atoms with Gasteiger partial charge in [-0.2, -0.15) is 0 Å². The van der Waals surface area contributed by atoms with Crippen molar-refractivity contribution in [3.8, 4) is 0 Å². The Morgan fingerprint density at radius 1 is 1.45 bits per heavy atom. The minimum absolute atomic E-state index is 0.0484. The molecule has 0 unspecified atom stereocenters. The molecule has 0 aliphatic rings. The van der Waals surface area contributed by atoms with E-state index in [1.165, 1.54) is 0 Å². The number of aromatic nitrogens is 1. The van der Waals surface area contributed by atoms with E-state index in [4.69, 9.17) is 0 Å². The molecule has 20 heavy (non-hydrogen) atoms. The third kappa shape index (κ3) is 5.57. The van der Waals surface area contributed by atoms with Gasteiger partial charge in [0.1, 0.15) is 5.82 Å². The van der Waals surface area contributed by atoms with Gasteiger partial charge in [-0.15, -0.1) is 0 Å². The highest BCUT2D eigenvalue weighted by molar-refractivity contribution is 5.76. The minimum Gasteiger partial charge on any atom is -0.359 e. The Bertz CT molecular complexity index is 420. The van der Waals surface area contributed by atoms with Crippen LogP contribution in [0.4, 0.5) is 5.82 Å². The van der Waals surface area contributed by atoms with Crippen molar-refractivity contribution in [1.29, 1.82) is 0 Å². The average molecular weight is 278 g/mol. The topological polar surface area (TPSA) is 57.3 Å². The number of anilines is 1. The molecule has 0 radical (unpaired) electrons. The fraction of sp³-hybridized carbons (Fsp3) is 0.600. The zero-order valence-electron chi connectivity index (χ0n) is 12.9. The van der Waals surface area contributed by atoms with Gasteiger partial charge >= 0.3 is 0 Å². The van der Waals surface area contributed by atoms with Crippen LogP contribution < -0.4 is 15.5 Å². The lowest BCUT2D eigenvalue weighted by molar-refractivity contribution is -0.120. The van der Waals surface area contributed by atoms with Crippen molar-refractivity contribution in [2.45, 2.75) is 26.8 Å². The number of pyridine rings is 1. The highest BCUT2D eigenvalue weighted by Gasteiger charge is 2.10. The Kier molecular flexibility index (Phi) is 7.01. The minimum atomic E-state index is 0.0484. The number of carbonyl (C=O) groups excluding carboxylic acids is 1. The molecule has 0 saturated heterocycles. The summed E-state index contributed by atoms with van der Waals surface area (Å²) in [7, 11) is 3.63. The zero-order valence-corrected chi connectivity index (χ0v) is 12.9. The van der Waals surface area contributed by atoms with Crippen LogP contribution in [0.2, 0.25) is 0 Å². The van der Waals surface area contributed by atoms with Crippen LogP contribution in [-0.2, 0) is 11.3 Å². The molecule has 1 aromatic rings. The lowest BCUT2D eigenvalue weighted by Crippen LogP contribution is -2.28. The van der Waals surface area contributed by atoms with Gasteiger partial charge in [0.05, 0.1) is 0 Å². The van der Waals surface area contributed by atoms with Gasteiger partial charge in [-0.1, -0.05) is 19.9 Å². The Labute approximate surface area is 121 Å². The molecule has 1 heterocycles. The molecular weight excluding hydrogens is 252 g/mol. The molecule has 0 aliphatic carbocycles. The lowest BCUT2D eigenvalue weighted by atomic mass is 10.2. The highest BCUT2D eigenvalue weighted by atomic mass is 16.1. The Morgan fingerprint density at radius 2 is 2.20 bits per heavy atom. The van der Waals surface area contributed by atoms with Crippen molar-refractivity contribution in [3.05, 3.63) is 23.9 Å². The maximum Gasteiger partial charge on any atom is 0.221 e. The Hall–Kier alpha value is -1.62. The third-order valence-electron chi connectivity index (χ3n) is 3.05. The summed E-state index contributed by atoms with van der Waals surface area (Å²) in [6.45, 7) is 6.81. The summed E-state index contributed by atoms with van der Waals surface area (Å²) in [6, 6.07) is 4.02. The first-order valence-corrected chi connectivity index (χ1v) is 7.11. The van der Waals surface area contributed by atoms with E-state index in [0.29, 0.717) is 18.9 Å². The Balaban J connectivity index is 2.61. The van der Waals surface area contributed by atoms with Gasteiger partial charge in [-0.05, 0) is 18.5 Å². The summed E-state index contributed by atoms with van der Waals surface area (Å²) in [5, 5.41) is 6.06. The summed E-state index contributed by atoms with van der Waals surface area (Å²) in [4.78, 5) is 17.8. The van der Waals surface area contributed by atoms with Gasteiger partial charge in [-0.3, -0.25) is 4.79 Å². The largest absolute Gasteiger partial charge is 0.359 e. The van der Waals surface area contributed by atoms with Crippen LogP contribution in [0.1, 0.15) is 25.8 Å². The molecule has 0 fully saturated rings. The monoisotopic (exact) mass is 278 g/mol. The molecule has 0 aromatic carbocycles. The van der Waals surface area contributed by atoms with Crippen molar-refractivity contribution >= 4 is 11.7 Å². The van der Waals surface area contributed by atoms with Gasteiger partial charge in [0.15, 0.2) is 0 Å². The second-order valence-corrected chi connectivity index (χ2v) is 5.36. The number of carbonyl (C=O) groups is 1. The van der Waals surface area contributed by atoms with E-state index in [9.17, 15) is 4.79 Å². The maximum atomic E-state index is 11.3. The van der Waals surface area contributed by atoms with Crippen molar-refractivity contribution in [3.63, 3.8) is 0 Å². The molecule has 112 valence electrons. The number of nitrogens with one attached hydrogen (secondary N) is 2. The normalized spacial score (nSPS) is 10.7. The van der Waals surface area contributed by atoms with Crippen LogP contribution in [0.3, 0.4) is 0 Å². The van der Waals surface area contributed by atoms with Crippen LogP contribution in [0.5, 0.6) is 0 Å². The summed E-state index contributed by atoms with van der Waals surface area (Å²) in [5.41, 5.74) is 1.16. The van der Waals surface area contributed by atoms with Crippen molar-refractivity contribution in [2.24, 2.45) is 5.92 Å². The first-order valence-electron chi connectivity index (χ1n) is 7.11. The van der Waals surface area contributed by atoms with E-state index in [2.05, 4.69) is 35.5 Å². The number of nitrogens with zero attached hydrogens (tertiary/aromatic N) is 2. The number of hydrogen-bond donors (Lipinski definition) is 2. The van der Waals surface area contributed by atoms with Gasteiger partial charge in [0, 0.05) is 45.4 Å². The van der Waals surface area contributed by atoms with Gasteiger partial charge in [0.25, 0.3) is 0 Å². The van der Waals surface area contributed by atoms with Crippen LogP contribution in [-0.4, -0.2) is 38.1 Å². The first kappa shape index (κ1) is 16.4. The standard InChI is InChI=1S/C15H26N4O/c1-12(2)10-17-11-13-6-5-8-18-15(13)19(4)9-7-14(20)16-3/h5-6,8,12,17H,7,9-11H2,1-4H3,(H,16,20). The first-order chi connectivity index (χ1) is 9.54. The highest BCUT2D eigenvalue weighted by Crippen LogP contribution is 2.15. The fourth-order valence-corrected chi connectivity index (χ4v) is 1.91. The van der Waals surface area contributed by atoms with E-state index in [-0.39, 0.29) is 5.91 Å². The average Bonchev–Trinajstić information content (AvgIpc) is 2.44. The van der Waals surface area contributed by atoms with Crippen LogP contribution in [0.25, 0.3) is 0 Å². The van der Waals surface area contributed by atoms with E-state index >= 15 is 0 Å². The van der Waals surface area contributed by atoms with Gasteiger partial charge < -0.3 is 15.5 Å². The summed E-state index contributed by atoms with van der Waals surface area (Å²) < 4.78 is 0. The lowest BCUT2D eigenvalue weighted by Gasteiger charge is -2.21. The third-order valence-corrected chi connectivity index (χ3v) is 3.05. The molecule has 5 heteroatoms. The molecular formula is C15H26N4O. The van der Waals surface area contributed by atoms with E-state index in [1.54, 1.807) is 13.2 Å². The molecule has 0 atom stereocenters. The number of hydrogen-bond acceptors (Lipinski definition) is 4. The van der Waals surface area contributed by atoms with E-state index in [0.717, 1.165) is 24.5 Å². The second-order valence-electron chi connectivity index (χ2n) is 5.36. The fourth-order valence-electron chi connectivity index (χ4n) is 1.91. The SMILES string of the molecule is CNC(=O)CCN(C)c1ncccc1CNCC(C)C. The van der Waals surface area contributed by atoms with Crippen LogP contribution in [0, 0.1) is 5.92 Å². The van der Waals surface area contributed by atoms with Crippen molar-refractivity contribution < 1.29 is 4.79 Å². The molecule has 0 spiro atoms. The summed E-state index contributed by atoms with van der Waals surface area (Å²) >= 11 is 0. The molecule has 0 bridgehead atoms. The van der Waals surface area contributed by atoms with E-state index in [1.807, 2.05) is 18.0 Å². The van der Waals surface area contributed by atoms with Crippen molar-refractivity contribution in [1.82, 2.24) is 15.6 Å². The predicted octanol–water partition coefficient (Wildman–Crippen LogP) is 1.40. The molecule has 0 aliphatic heterocycles. The smallest absolute Gasteiger partial charge is 0.221 e. The van der Waals surface area contributed by atoms with Gasteiger partial charge in [0.2, 0.25) is 5.91 Å². The molecule has 1 aromatic heterocycles. The molecule has 1 rings (SSSR count). The molecule has 2 N–H and O–H groups in total. The molecule has 1 amide bonds. The number of amides is 1. The predicted molar refractivity (Wildman–Crippen MR) is 82.7 cm³/mol. The summed E-state index contributed by atoms with van der Waals surface area (Å²) in [5.74, 6) is 1.61. The maximum absolute atomic E-state index is 11.3. The second kappa shape index (κ2) is 8.53. The number of rotatable bonds is 8. The van der Waals surface area contributed by atoms with Gasteiger partial charge in [-0.25, -0.2) is 4.98 Å². The van der Waals surface area contributed by atoms with E-state index < -0.39 is 0 Å². The van der Waals surface area contributed by atoms with Crippen LogP contribution in [0.15, 0.2) is 18.3 Å². The quantitative estimate of drug-likeness (QED) is 0.755. The van der Waals surface area contributed by atoms with Crippen molar-refractivity contribution in [2.75, 3.05) is 32.1 Å². The Morgan fingerprint density at radius 3 is 2.85 bits per heavy atom.